The van der Waals surface area contributed by atoms with Gasteiger partial charge >= 0.3 is 11.9 Å². The summed E-state index contributed by atoms with van der Waals surface area (Å²) < 4.78 is 23.4. The number of nitrogens with one attached hydrogen (secondary N) is 2. The second-order valence-electron chi connectivity index (χ2n) is 10.3. The molecule has 4 aromatic rings. The van der Waals surface area contributed by atoms with Gasteiger partial charge in [-0.25, -0.2) is 23.9 Å². The van der Waals surface area contributed by atoms with Crippen LogP contribution in [-0.4, -0.2) is 67.1 Å². The van der Waals surface area contributed by atoms with E-state index >= 15 is 0 Å². The van der Waals surface area contributed by atoms with Crippen molar-refractivity contribution in [2.24, 2.45) is 22.9 Å². The molecule has 0 radical (unpaired) electrons. The quantitative estimate of drug-likeness (QED) is 0.0525. The Morgan fingerprint density at radius 1 is 0.885 bits per heavy atom. The second-order valence-corrected chi connectivity index (χ2v) is 10.7. The first-order valence-corrected chi connectivity index (χ1v) is 15.2. The lowest BCUT2D eigenvalue weighted by Gasteiger charge is -2.14. The number of benzene rings is 2. The molecule has 4 rings (SSSR count). The number of carboxylic acid groups (broad SMARTS) is 2. The number of carbonyl (C=O) groups excluding carboxylic acids is 2. The number of imidazole rings is 2. The van der Waals surface area contributed by atoms with E-state index in [-0.39, 0.29) is 63.5 Å². The Labute approximate surface area is 300 Å². The molecular weight excluding hydrogens is 703 g/mol. The van der Waals surface area contributed by atoms with Crippen molar-refractivity contribution >= 4 is 58.7 Å². The van der Waals surface area contributed by atoms with Gasteiger partial charge in [0.1, 0.15) is 35.9 Å². The van der Waals surface area contributed by atoms with Gasteiger partial charge in [0.25, 0.3) is 5.91 Å². The Balaban J connectivity index is 0.000000471. The summed E-state index contributed by atoms with van der Waals surface area (Å²) in [6.45, 7) is -0.105. The van der Waals surface area contributed by atoms with Gasteiger partial charge in [0.05, 0.1) is 45.5 Å². The highest BCUT2D eigenvalue weighted by Crippen LogP contribution is 2.32. The van der Waals surface area contributed by atoms with E-state index in [1.807, 2.05) is 0 Å². The normalized spacial score (nSPS) is 12.0. The highest BCUT2D eigenvalue weighted by Gasteiger charge is 2.19. The number of amides is 1. The number of aromatic nitrogens is 4. The lowest BCUT2D eigenvalue weighted by atomic mass is 10.1. The fourth-order valence-corrected chi connectivity index (χ4v) is 4.29. The van der Waals surface area contributed by atoms with Crippen LogP contribution >= 0.6 is 11.6 Å². The molecule has 2 heterocycles. The topological polar surface area (TPSA) is 282 Å². The van der Waals surface area contributed by atoms with Gasteiger partial charge in [-0.05, 0) is 48.1 Å². The molecule has 1 amide bonds. The minimum absolute atomic E-state index is 0.0334. The van der Waals surface area contributed by atoms with Crippen LogP contribution in [0.2, 0.25) is 5.02 Å². The smallest absolute Gasteiger partial charge is 0.337 e. The summed E-state index contributed by atoms with van der Waals surface area (Å²) in [7, 11) is 1.53. The van der Waals surface area contributed by atoms with Gasteiger partial charge in [-0.15, -0.1) is 0 Å². The van der Waals surface area contributed by atoms with E-state index in [0.29, 0.717) is 12.1 Å². The number of anilines is 2. The summed E-state index contributed by atoms with van der Waals surface area (Å²) in [5.74, 6) is -3.51. The molecule has 19 heteroatoms. The second kappa shape index (κ2) is 18.6. The Kier molecular flexibility index (Phi) is 14.1. The number of nitrogens with zero attached hydrogens (tertiary/aromatic N) is 4. The average molecular weight is 737 g/mol. The van der Waals surface area contributed by atoms with E-state index in [1.54, 1.807) is 29.5 Å². The van der Waals surface area contributed by atoms with Crippen molar-refractivity contribution in [2.75, 3.05) is 24.3 Å². The zero-order chi connectivity index (χ0) is 38.4. The number of aldehydes is 1. The standard InChI is InChI=1S/C25H24ClFN6O6.C8H10N4O/c1-30-19-11-21(16(26)9-14(19)24(35)36)39-7-4-13-8-20(15(25(37)38)10-17(13)27)32-23(34)18(28)2-3-22(29)33-6-5-31-12-33;9-7(5-13)1-2-8(10)12-4-3-11-6-12/h2-3,5-6,8-12,30H,4,7,28-29H2,1H3,(H,32,34)(H,35,36)(H,37,38);1-6H,9-10H2/b18-2-,22-3+;7-1-,8-2+. The largest absolute Gasteiger partial charge is 0.492 e. The Morgan fingerprint density at radius 2 is 1.46 bits per heavy atom. The Hall–Kier alpha value is -7.08. The Morgan fingerprint density at radius 3 is 1.98 bits per heavy atom. The molecule has 0 aliphatic carbocycles. The number of carboxylic acids is 2. The van der Waals surface area contributed by atoms with Crippen molar-refractivity contribution in [3.05, 3.63) is 125 Å². The summed E-state index contributed by atoms with van der Waals surface area (Å²) in [5, 5.41) is 23.9. The molecule has 0 atom stereocenters. The molecule has 2 aromatic carbocycles. The van der Waals surface area contributed by atoms with Crippen LogP contribution < -0.4 is 38.3 Å². The number of ether oxygens (including phenoxy) is 1. The van der Waals surface area contributed by atoms with Crippen molar-refractivity contribution in [1.29, 1.82) is 0 Å². The number of aromatic carboxylic acids is 2. The number of nitrogens with two attached hydrogens (primary N) is 4. The van der Waals surface area contributed by atoms with Crippen LogP contribution in [0.5, 0.6) is 5.75 Å². The fourth-order valence-electron chi connectivity index (χ4n) is 4.07. The highest BCUT2D eigenvalue weighted by atomic mass is 35.5. The van der Waals surface area contributed by atoms with Crippen LogP contribution in [0, 0.1) is 5.82 Å². The zero-order valence-electron chi connectivity index (χ0n) is 27.4. The molecule has 0 aliphatic heterocycles. The van der Waals surface area contributed by atoms with E-state index in [2.05, 4.69) is 20.6 Å². The van der Waals surface area contributed by atoms with Gasteiger partial charge < -0.3 is 48.5 Å². The van der Waals surface area contributed by atoms with E-state index in [0.717, 1.165) is 12.1 Å². The van der Waals surface area contributed by atoms with Gasteiger partial charge in [0.2, 0.25) is 0 Å². The van der Waals surface area contributed by atoms with E-state index < -0.39 is 29.2 Å². The van der Waals surface area contributed by atoms with Gasteiger partial charge in [0, 0.05) is 44.3 Å². The maximum atomic E-state index is 14.7. The van der Waals surface area contributed by atoms with Crippen molar-refractivity contribution in [2.45, 2.75) is 6.42 Å². The molecule has 272 valence electrons. The first-order chi connectivity index (χ1) is 24.7. The summed E-state index contributed by atoms with van der Waals surface area (Å²) >= 11 is 6.12. The molecule has 0 saturated heterocycles. The average Bonchev–Trinajstić information content (AvgIpc) is 3.87. The van der Waals surface area contributed by atoms with E-state index in [1.165, 1.54) is 60.6 Å². The Bertz CT molecular complexity index is 2040. The van der Waals surface area contributed by atoms with E-state index in [4.69, 9.17) is 39.3 Å². The monoisotopic (exact) mass is 736 g/mol. The number of carbonyl (C=O) groups is 4. The molecule has 0 aliphatic rings. The van der Waals surface area contributed by atoms with Gasteiger partial charge in [-0.2, -0.15) is 0 Å². The van der Waals surface area contributed by atoms with Crippen LogP contribution in [-0.2, 0) is 16.0 Å². The van der Waals surface area contributed by atoms with Crippen LogP contribution in [0.15, 0.2) is 97.4 Å². The summed E-state index contributed by atoms with van der Waals surface area (Å²) in [4.78, 5) is 53.4. The fraction of sp³-hybridized carbons (Fsp3) is 0.0909. The van der Waals surface area contributed by atoms with Crippen molar-refractivity contribution < 1.29 is 38.5 Å². The lowest BCUT2D eigenvalue weighted by Crippen LogP contribution is -2.22. The molecule has 17 nitrogen and oxygen atoms in total. The van der Waals surface area contributed by atoms with Crippen molar-refractivity contribution in [3.63, 3.8) is 0 Å². The number of allylic oxidation sites excluding steroid dienone is 5. The number of halogens is 2. The molecule has 0 saturated carbocycles. The zero-order valence-corrected chi connectivity index (χ0v) is 28.1. The van der Waals surface area contributed by atoms with Gasteiger partial charge in [-0.1, -0.05) is 11.6 Å². The maximum absolute atomic E-state index is 14.7. The van der Waals surface area contributed by atoms with E-state index in [9.17, 15) is 33.8 Å². The SMILES string of the molecule is CNc1cc(OCCc2cc(NC(=O)/C(N)=C/C=C(\N)n3ccnc3)c(C(=O)O)cc2F)c(Cl)cc1C(=O)O.N/C(C=O)=C\C=C(/N)n1ccnc1. The summed E-state index contributed by atoms with van der Waals surface area (Å²) in [6, 6.07) is 4.55. The number of hydrogen-bond acceptors (Lipinski definition) is 12. The highest BCUT2D eigenvalue weighted by molar-refractivity contribution is 6.32. The van der Waals surface area contributed by atoms with Crippen molar-refractivity contribution in [1.82, 2.24) is 19.1 Å². The third-order valence-corrected chi connectivity index (χ3v) is 7.04. The minimum atomic E-state index is -1.47. The van der Waals surface area contributed by atoms with Gasteiger partial charge in [0.15, 0.2) is 6.29 Å². The molecule has 0 fully saturated rings. The predicted molar refractivity (Wildman–Crippen MR) is 191 cm³/mol. The third-order valence-electron chi connectivity index (χ3n) is 6.75. The molecular formula is C33H34ClFN10O7. The summed E-state index contributed by atoms with van der Waals surface area (Å²) in [6.07, 6.45) is 15.4. The van der Waals surface area contributed by atoms with Crippen LogP contribution in [0.4, 0.5) is 15.8 Å². The summed E-state index contributed by atoms with van der Waals surface area (Å²) in [5.41, 5.74) is 21.9. The molecule has 2 aromatic heterocycles. The predicted octanol–water partition coefficient (Wildman–Crippen LogP) is 2.66. The lowest BCUT2D eigenvalue weighted by molar-refractivity contribution is -0.113. The molecule has 12 N–H and O–H groups in total. The number of hydrogen-bond donors (Lipinski definition) is 8. The van der Waals surface area contributed by atoms with Gasteiger partial charge in [-0.3, -0.25) is 18.7 Å². The van der Waals surface area contributed by atoms with Crippen LogP contribution in [0.3, 0.4) is 0 Å². The molecule has 0 spiro atoms. The first-order valence-electron chi connectivity index (χ1n) is 14.8. The van der Waals surface area contributed by atoms with Crippen molar-refractivity contribution in [3.8, 4) is 5.75 Å². The minimum Gasteiger partial charge on any atom is -0.492 e. The maximum Gasteiger partial charge on any atom is 0.337 e. The molecule has 0 bridgehead atoms. The molecule has 0 unspecified atom stereocenters. The number of rotatable bonds is 14. The first kappa shape index (κ1) is 39.4. The third kappa shape index (κ3) is 11.0. The van der Waals surface area contributed by atoms with Crippen LogP contribution in [0.1, 0.15) is 26.3 Å². The van der Waals surface area contributed by atoms with Crippen LogP contribution in [0.25, 0.3) is 11.6 Å². The molecule has 52 heavy (non-hydrogen) atoms.